The van der Waals surface area contributed by atoms with Gasteiger partial charge in [0.15, 0.2) is 25.2 Å². The van der Waals surface area contributed by atoms with Crippen LogP contribution in [0.1, 0.15) is 106 Å². The molecule has 29 unspecified atom stereocenters. The van der Waals surface area contributed by atoms with Crippen LogP contribution in [0, 0.1) is 50.2 Å². The van der Waals surface area contributed by atoms with Gasteiger partial charge in [0.2, 0.25) is 0 Å². The highest BCUT2D eigenvalue weighted by Crippen LogP contribution is 2.76. The molecule has 9 aliphatic rings. The van der Waals surface area contributed by atoms with E-state index in [0.29, 0.717) is 12.8 Å². The van der Waals surface area contributed by atoms with Gasteiger partial charge in [-0.3, -0.25) is 0 Å². The predicted molar refractivity (Wildman–Crippen MR) is 258 cm³/mol. The summed E-state index contributed by atoms with van der Waals surface area (Å²) in [5.41, 5.74) is -1.21. The zero-order valence-corrected chi connectivity index (χ0v) is 44.4. The summed E-state index contributed by atoms with van der Waals surface area (Å²) in [4.78, 5) is 0. The van der Waals surface area contributed by atoms with Crippen molar-refractivity contribution in [3.8, 4) is 0 Å². The zero-order valence-electron chi connectivity index (χ0n) is 44.4. The van der Waals surface area contributed by atoms with Gasteiger partial charge in [-0.2, -0.15) is 0 Å². The Morgan fingerprint density at radius 1 is 0.560 bits per heavy atom. The maximum atomic E-state index is 12.5. The van der Waals surface area contributed by atoms with Crippen LogP contribution in [0.2, 0.25) is 0 Å². The topological polar surface area (TPSA) is 357 Å². The van der Waals surface area contributed by atoms with E-state index in [9.17, 15) is 71.5 Å². The maximum absolute atomic E-state index is 12.5. The third kappa shape index (κ3) is 9.44. The molecular formula is C53H88O22. The van der Waals surface area contributed by atoms with Crippen molar-refractivity contribution in [2.75, 3.05) is 33.0 Å². The molecule has 4 heterocycles. The first-order valence-electron chi connectivity index (χ1n) is 27.3. The first-order chi connectivity index (χ1) is 35.2. The lowest BCUT2D eigenvalue weighted by atomic mass is 9.33. The lowest BCUT2D eigenvalue weighted by Crippen LogP contribution is -2.68. The average molecular weight is 1080 g/mol. The molecule has 0 spiro atoms. The third-order valence-electron chi connectivity index (χ3n) is 21.4. The molecule has 5 aliphatic carbocycles. The Balaban J connectivity index is 0.975. The molecule has 22 heteroatoms. The second kappa shape index (κ2) is 21.3. The van der Waals surface area contributed by atoms with Gasteiger partial charge in [-0.1, -0.05) is 53.2 Å². The van der Waals surface area contributed by atoms with Crippen LogP contribution in [0.15, 0.2) is 11.6 Å². The van der Waals surface area contributed by atoms with Gasteiger partial charge in [0, 0.05) is 24.0 Å². The molecule has 0 bridgehead atoms. The molecule has 4 saturated carbocycles. The van der Waals surface area contributed by atoms with E-state index >= 15 is 0 Å². The molecule has 29 atom stereocenters. The largest absolute Gasteiger partial charge is 0.396 e. The normalized spacial score (nSPS) is 55.9. The van der Waals surface area contributed by atoms with E-state index in [-0.39, 0.29) is 47.2 Å². The van der Waals surface area contributed by atoms with E-state index in [1.54, 1.807) is 0 Å². The van der Waals surface area contributed by atoms with E-state index in [4.69, 9.17) is 37.9 Å². The molecule has 4 aliphatic heterocycles. The lowest BCUT2D eigenvalue weighted by molar-refractivity contribution is -0.394. The van der Waals surface area contributed by atoms with Crippen LogP contribution in [-0.2, 0) is 37.9 Å². The van der Waals surface area contributed by atoms with E-state index < -0.39 is 165 Å². The Bertz CT molecular complexity index is 2020. The fourth-order valence-corrected chi connectivity index (χ4v) is 16.4. The van der Waals surface area contributed by atoms with E-state index in [1.807, 2.05) is 0 Å². The number of rotatable bonds is 12. The van der Waals surface area contributed by atoms with Gasteiger partial charge in [-0.15, -0.1) is 0 Å². The average Bonchev–Trinajstić information content (AvgIpc) is 3.46. The van der Waals surface area contributed by atoms with Crippen LogP contribution >= 0.6 is 0 Å². The van der Waals surface area contributed by atoms with Crippen molar-refractivity contribution in [3.05, 3.63) is 11.6 Å². The van der Waals surface area contributed by atoms with Crippen LogP contribution in [0.5, 0.6) is 0 Å². The zero-order chi connectivity index (χ0) is 54.7. The summed E-state index contributed by atoms with van der Waals surface area (Å²) < 4.78 is 49.0. The second-order valence-corrected chi connectivity index (χ2v) is 25.8. The molecule has 14 N–H and O–H groups in total. The Hall–Kier alpha value is -1.14. The molecule has 9 rings (SSSR count). The van der Waals surface area contributed by atoms with Crippen LogP contribution in [-0.4, -0.2) is 233 Å². The first-order valence-corrected chi connectivity index (χ1v) is 27.3. The number of allylic oxidation sites excluding steroid dienone is 1. The second-order valence-electron chi connectivity index (χ2n) is 25.8. The van der Waals surface area contributed by atoms with E-state index in [2.05, 4.69) is 47.6 Å². The molecule has 432 valence electrons. The molecule has 8 fully saturated rings. The van der Waals surface area contributed by atoms with Crippen molar-refractivity contribution in [1.82, 2.24) is 0 Å². The molecule has 0 radical (unpaired) electrons. The van der Waals surface area contributed by atoms with Crippen LogP contribution in [0.3, 0.4) is 0 Å². The third-order valence-corrected chi connectivity index (χ3v) is 21.4. The minimum absolute atomic E-state index is 0.0194. The molecule has 0 aromatic carbocycles. The summed E-state index contributed by atoms with van der Waals surface area (Å²) in [5.74, 6) is 0.268. The van der Waals surface area contributed by atoms with Gasteiger partial charge < -0.3 is 109 Å². The fourth-order valence-electron chi connectivity index (χ4n) is 16.4. The van der Waals surface area contributed by atoms with Gasteiger partial charge in [0.25, 0.3) is 0 Å². The monoisotopic (exact) mass is 1080 g/mol. The van der Waals surface area contributed by atoms with Crippen molar-refractivity contribution >= 4 is 0 Å². The molecule has 22 nitrogen and oxygen atoms in total. The van der Waals surface area contributed by atoms with Crippen LogP contribution < -0.4 is 0 Å². The van der Waals surface area contributed by atoms with Crippen molar-refractivity contribution in [2.45, 2.75) is 235 Å². The molecular weight excluding hydrogens is 989 g/mol. The predicted octanol–water partition coefficient (Wildman–Crippen LogP) is -1.95. The van der Waals surface area contributed by atoms with Gasteiger partial charge >= 0.3 is 0 Å². The highest BCUT2D eigenvalue weighted by Gasteiger charge is 2.71. The van der Waals surface area contributed by atoms with Crippen molar-refractivity contribution < 1.29 is 109 Å². The standard InChI is InChI=1S/C53H88O22/c1-23-33(59)37(63)40(66)44(69-23)75-43-39(65)35(61)27(19-55)71-47(43)72-28-20-68-46(42(36(28)62)74-45-41(67)38(64)34(60)26(18-54)70-45)73-32-11-12-50(5)29(48(32,2)3)10-13-51(6)30(50)9-8-24-25-16-49(4,21-56)14-15-53(25,22-57)17-31(58)52(24,51)7/h8,23,25-47,54-67H,9-22H2,1-7H3. The Morgan fingerprint density at radius 3 is 1.79 bits per heavy atom. The van der Waals surface area contributed by atoms with Crippen LogP contribution in [0.25, 0.3) is 0 Å². The Morgan fingerprint density at radius 2 is 1.16 bits per heavy atom. The van der Waals surface area contributed by atoms with Crippen molar-refractivity contribution in [1.29, 1.82) is 0 Å². The number of hydrogen-bond acceptors (Lipinski definition) is 22. The molecule has 0 aromatic heterocycles. The summed E-state index contributed by atoms with van der Waals surface area (Å²) >= 11 is 0. The van der Waals surface area contributed by atoms with Crippen LogP contribution in [0.4, 0.5) is 0 Å². The quantitative estimate of drug-likeness (QED) is 0.0746. The van der Waals surface area contributed by atoms with E-state index in [0.717, 1.165) is 44.9 Å². The van der Waals surface area contributed by atoms with Crippen molar-refractivity contribution in [2.24, 2.45) is 50.2 Å². The summed E-state index contributed by atoms with van der Waals surface area (Å²) in [6, 6.07) is 0. The molecule has 75 heavy (non-hydrogen) atoms. The summed E-state index contributed by atoms with van der Waals surface area (Å²) in [6.45, 7) is 12.8. The fraction of sp³-hybridized carbons (Fsp3) is 0.962. The van der Waals surface area contributed by atoms with E-state index in [1.165, 1.54) is 12.5 Å². The Labute approximate surface area is 438 Å². The van der Waals surface area contributed by atoms with Gasteiger partial charge in [-0.25, -0.2) is 0 Å². The summed E-state index contributed by atoms with van der Waals surface area (Å²) in [5, 5.41) is 153. The maximum Gasteiger partial charge on any atom is 0.187 e. The molecule has 0 amide bonds. The number of aliphatic hydroxyl groups excluding tert-OH is 14. The first kappa shape index (κ1) is 58.5. The van der Waals surface area contributed by atoms with Crippen molar-refractivity contribution in [3.63, 3.8) is 0 Å². The summed E-state index contributed by atoms with van der Waals surface area (Å²) in [7, 11) is 0. The minimum atomic E-state index is -1.90. The highest BCUT2D eigenvalue weighted by atomic mass is 16.8. The van der Waals surface area contributed by atoms with Gasteiger partial charge in [0.05, 0.1) is 38.1 Å². The SMILES string of the molecule is CC1OC(OC2C(OC3COC(OC4CCC5(C)C(CCC6(C)C5CC=C5C7CC(C)(CO)CCC7(CO)CC(O)C56C)C4(C)C)C(OC4OC(CO)C(O)C(O)C4O)C3O)OC(CO)C(O)C2O)C(O)C(O)C1O. The number of hydrogen-bond donors (Lipinski definition) is 14. The lowest BCUT2D eigenvalue weighted by Gasteiger charge is -2.72. The molecule has 0 aromatic rings. The molecule has 4 saturated heterocycles. The number of fused-ring (bicyclic) bond motifs is 7. The number of aliphatic hydroxyl groups is 14. The van der Waals surface area contributed by atoms with Gasteiger partial charge in [-0.05, 0) is 104 Å². The summed E-state index contributed by atoms with van der Waals surface area (Å²) in [6.07, 6.45) is -23.7. The number of ether oxygens (including phenoxy) is 8. The Kier molecular flexibility index (Phi) is 16.6. The minimum Gasteiger partial charge on any atom is -0.396 e. The highest BCUT2D eigenvalue weighted by molar-refractivity contribution is 5.36. The smallest absolute Gasteiger partial charge is 0.187 e. The van der Waals surface area contributed by atoms with Gasteiger partial charge in [0.1, 0.15) is 85.5 Å².